The highest BCUT2D eigenvalue weighted by Crippen LogP contribution is 2.25. The molecule has 2 aromatic rings. The van der Waals surface area contributed by atoms with Gasteiger partial charge in [0.15, 0.2) is 0 Å². The molecule has 0 radical (unpaired) electrons. The molecule has 86 valence electrons. The maximum atomic E-state index is 5.65. The van der Waals surface area contributed by atoms with Crippen LogP contribution in [-0.2, 0) is 18.4 Å². The van der Waals surface area contributed by atoms with E-state index in [1.165, 1.54) is 16.5 Å². The summed E-state index contributed by atoms with van der Waals surface area (Å²) in [6.07, 6.45) is 2.41. The molecule has 1 aromatic carbocycles. The second-order valence-corrected chi connectivity index (χ2v) is 5.20. The van der Waals surface area contributed by atoms with Crippen LogP contribution in [0.2, 0.25) is 0 Å². The lowest BCUT2D eigenvalue weighted by molar-refractivity contribution is 0.0663. The van der Waals surface area contributed by atoms with Crippen LogP contribution < -0.4 is 0 Å². The Bertz CT molecular complexity index is 502. The van der Waals surface area contributed by atoms with Gasteiger partial charge in [0.1, 0.15) is 0 Å². The van der Waals surface area contributed by atoms with Crippen molar-refractivity contribution < 1.29 is 4.74 Å². The Morgan fingerprint density at radius 2 is 2.12 bits per heavy atom. The van der Waals surface area contributed by atoms with Gasteiger partial charge < -0.3 is 9.30 Å². The SMILES string of the molecule is CC(C)OCc1cn(C)c2cc(Br)ccc12. The van der Waals surface area contributed by atoms with Crippen LogP contribution >= 0.6 is 15.9 Å². The van der Waals surface area contributed by atoms with E-state index in [1.54, 1.807) is 0 Å². The number of aryl methyl sites for hydroxylation is 1. The molecule has 1 heterocycles. The first-order valence-electron chi connectivity index (χ1n) is 5.43. The van der Waals surface area contributed by atoms with Gasteiger partial charge in [-0.3, -0.25) is 0 Å². The predicted molar refractivity (Wildman–Crippen MR) is 70.5 cm³/mol. The Balaban J connectivity index is 2.39. The van der Waals surface area contributed by atoms with Crippen LogP contribution in [0.5, 0.6) is 0 Å². The van der Waals surface area contributed by atoms with Gasteiger partial charge in [-0.05, 0) is 26.0 Å². The molecule has 2 rings (SSSR count). The van der Waals surface area contributed by atoms with E-state index in [2.05, 4.69) is 65.8 Å². The third kappa shape index (κ3) is 2.30. The van der Waals surface area contributed by atoms with Crippen molar-refractivity contribution >= 4 is 26.8 Å². The fraction of sp³-hybridized carbons (Fsp3) is 0.385. The summed E-state index contributed by atoms with van der Waals surface area (Å²) in [6, 6.07) is 6.34. The van der Waals surface area contributed by atoms with Gasteiger partial charge in [0, 0.05) is 34.2 Å². The van der Waals surface area contributed by atoms with Crippen molar-refractivity contribution in [3.63, 3.8) is 0 Å². The van der Waals surface area contributed by atoms with Crippen LogP contribution in [0.1, 0.15) is 19.4 Å². The summed E-state index contributed by atoms with van der Waals surface area (Å²) in [6.45, 7) is 4.79. The summed E-state index contributed by atoms with van der Waals surface area (Å²) >= 11 is 3.49. The molecule has 3 heteroatoms. The van der Waals surface area contributed by atoms with Gasteiger partial charge in [-0.2, -0.15) is 0 Å². The summed E-state index contributed by atoms with van der Waals surface area (Å²) in [5.41, 5.74) is 2.48. The second-order valence-electron chi connectivity index (χ2n) is 4.29. The van der Waals surface area contributed by atoms with Gasteiger partial charge in [0.2, 0.25) is 0 Å². The summed E-state index contributed by atoms with van der Waals surface area (Å²) in [5.74, 6) is 0. The topological polar surface area (TPSA) is 14.2 Å². The molecule has 1 aromatic heterocycles. The molecule has 0 saturated heterocycles. The van der Waals surface area contributed by atoms with Crippen LogP contribution in [-0.4, -0.2) is 10.7 Å². The third-order valence-electron chi connectivity index (χ3n) is 2.61. The maximum Gasteiger partial charge on any atom is 0.0741 e. The number of rotatable bonds is 3. The largest absolute Gasteiger partial charge is 0.374 e. The summed E-state index contributed by atoms with van der Waals surface area (Å²) in [4.78, 5) is 0. The molecule has 0 spiro atoms. The molecule has 0 aliphatic rings. The van der Waals surface area contributed by atoms with E-state index in [0.717, 1.165) is 4.47 Å². The van der Waals surface area contributed by atoms with Crippen molar-refractivity contribution in [2.75, 3.05) is 0 Å². The minimum Gasteiger partial charge on any atom is -0.374 e. The number of hydrogen-bond donors (Lipinski definition) is 0. The van der Waals surface area contributed by atoms with Crippen LogP contribution in [0.15, 0.2) is 28.9 Å². The average Bonchev–Trinajstić information content (AvgIpc) is 2.53. The molecule has 0 unspecified atom stereocenters. The predicted octanol–water partition coefficient (Wildman–Crippen LogP) is 3.87. The number of hydrogen-bond acceptors (Lipinski definition) is 1. The zero-order chi connectivity index (χ0) is 11.7. The first-order chi connectivity index (χ1) is 7.58. The third-order valence-corrected chi connectivity index (χ3v) is 3.10. The van der Waals surface area contributed by atoms with Gasteiger partial charge >= 0.3 is 0 Å². The molecule has 2 nitrogen and oxygen atoms in total. The quantitative estimate of drug-likeness (QED) is 0.833. The summed E-state index contributed by atoms with van der Waals surface area (Å²) in [7, 11) is 2.06. The lowest BCUT2D eigenvalue weighted by atomic mass is 10.2. The fourth-order valence-electron chi connectivity index (χ4n) is 1.81. The minimum atomic E-state index is 0.269. The van der Waals surface area contributed by atoms with Crippen molar-refractivity contribution in [2.45, 2.75) is 26.6 Å². The van der Waals surface area contributed by atoms with E-state index in [-0.39, 0.29) is 6.10 Å². The Morgan fingerprint density at radius 3 is 2.81 bits per heavy atom. The summed E-state index contributed by atoms with van der Waals surface area (Å²) in [5, 5.41) is 1.27. The van der Waals surface area contributed by atoms with E-state index >= 15 is 0 Å². The molecule has 0 bridgehead atoms. The molecule has 0 N–H and O–H groups in total. The molecule has 0 fully saturated rings. The molecule has 0 saturated carbocycles. The molecule has 0 atom stereocenters. The number of fused-ring (bicyclic) bond motifs is 1. The molecule has 0 aliphatic carbocycles. The molecular formula is C13H16BrNO. The minimum absolute atomic E-state index is 0.269. The van der Waals surface area contributed by atoms with Gasteiger partial charge in [-0.15, -0.1) is 0 Å². The first-order valence-corrected chi connectivity index (χ1v) is 6.22. The normalized spacial score (nSPS) is 11.6. The lowest BCUT2D eigenvalue weighted by Crippen LogP contribution is -2.01. The molecule has 16 heavy (non-hydrogen) atoms. The van der Waals surface area contributed by atoms with Gasteiger partial charge in [-0.25, -0.2) is 0 Å². The monoisotopic (exact) mass is 281 g/mol. The van der Waals surface area contributed by atoms with Crippen LogP contribution in [0, 0.1) is 0 Å². The smallest absolute Gasteiger partial charge is 0.0741 e. The number of nitrogens with zero attached hydrogens (tertiary/aromatic N) is 1. The van der Waals surface area contributed by atoms with Crippen LogP contribution in [0.4, 0.5) is 0 Å². The van der Waals surface area contributed by atoms with Crippen molar-refractivity contribution in [3.8, 4) is 0 Å². The van der Waals surface area contributed by atoms with E-state index < -0.39 is 0 Å². The Labute approximate surface area is 104 Å². The standard InChI is InChI=1S/C13H16BrNO/c1-9(2)16-8-10-7-15(3)13-6-11(14)4-5-12(10)13/h4-7,9H,8H2,1-3H3. The zero-order valence-electron chi connectivity index (χ0n) is 9.83. The fourth-order valence-corrected chi connectivity index (χ4v) is 2.16. The Hall–Kier alpha value is -0.800. The van der Waals surface area contributed by atoms with Crippen LogP contribution in [0.3, 0.4) is 0 Å². The van der Waals surface area contributed by atoms with Crippen LogP contribution in [0.25, 0.3) is 10.9 Å². The van der Waals surface area contributed by atoms with Crippen molar-refractivity contribution in [3.05, 3.63) is 34.4 Å². The first kappa shape index (κ1) is 11.7. The van der Waals surface area contributed by atoms with E-state index in [4.69, 9.17) is 4.74 Å². The van der Waals surface area contributed by atoms with E-state index in [0.29, 0.717) is 6.61 Å². The second kappa shape index (κ2) is 4.60. The number of benzene rings is 1. The Kier molecular flexibility index (Phi) is 3.36. The highest BCUT2D eigenvalue weighted by atomic mass is 79.9. The highest BCUT2D eigenvalue weighted by Gasteiger charge is 2.07. The average molecular weight is 282 g/mol. The summed E-state index contributed by atoms with van der Waals surface area (Å²) < 4.78 is 8.90. The van der Waals surface area contributed by atoms with Gasteiger partial charge in [0.25, 0.3) is 0 Å². The van der Waals surface area contributed by atoms with E-state index in [1.807, 2.05) is 0 Å². The van der Waals surface area contributed by atoms with Gasteiger partial charge in [0.05, 0.1) is 12.7 Å². The molecule has 0 amide bonds. The maximum absolute atomic E-state index is 5.65. The molecule has 0 aliphatic heterocycles. The lowest BCUT2D eigenvalue weighted by Gasteiger charge is -2.06. The zero-order valence-corrected chi connectivity index (χ0v) is 11.4. The molecular weight excluding hydrogens is 266 g/mol. The van der Waals surface area contributed by atoms with E-state index in [9.17, 15) is 0 Å². The number of aromatic nitrogens is 1. The Morgan fingerprint density at radius 1 is 1.38 bits per heavy atom. The number of ether oxygens (including phenoxy) is 1. The van der Waals surface area contributed by atoms with Crippen molar-refractivity contribution in [1.82, 2.24) is 4.57 Å². The number of halogens is 1. The van der Waals surface area contributed by atoms with Crippen molar-refractivity contribution in [2.24, 2.45) is 7.05 Å². The van der Waals surface area contributed by atoms with Gasteiger partial charge in [-0.1, -0.05) is 22.0 Å². The van der Waals surface area contributed by atoms with Crippen molar-refractivity contribution in [1.29, 1.82) is 0 Å². The highest BCUT2D eigenvalue weighted by molar-refractivity contribution is 9.10.